The van der Waals surface area contributed by atoms with E-state index in [1.54, 1.807) is 0 Å². The van der Waals surface area contributed by atoms with Crippen LogP contribution in [0.1, 0.15) is 24.6 Å². The predicted molar refractivity (Wildman–Crippen MR) is 85.9 cm³/mol. The van der Waals surface area contributed by atoms with E-state index in [1.807, 2.05) is 53.9 Å². The predicted octanol–water partition coefficient (Wildman–Crippen LogP) is 3.97. The monoisotopic (exact) mass is 291 g/mol. The van der Waals surface area contributed by atoms with Gasteiger partial charge in [0.25, 0.3) is 0 Å². The number of imidazole rings is 1. The van der Waals surface area contributed by atoms with Crippen LogP contribution in [0.25, 0.3) is 16.9 Å². The Bertz CT molecular complexity index is 841. The zero-order chi connectivity index (χ0) is 15.5. The van der Waals surface area contributed by atoms with Crippen LogP contribution in [-0.4, -0.2) is 16.0 Å². The fourth-order valence-corrected chi connectivity index (χ4v) is 2.44. The summed E-state index contributed by atoms with van der Waals surface area (Å²) in [5, 5.41) is 9.49. The van der Waals surface area contributed by atoms with Crippen molar-refractivity contribution in [3.8, 4) is 23.1 Å². The van der Waals surface area contributed by atoms with Crippen molar-refractivity contribution in [1.29, 1.82) is 5.26 Å². The lowest BCUT2D eigenvalue weighted by molar-refractivity contribution is 0.317. The molecule has 3 rings (SSSR count). The van der Waals surface area contributed by atoms with Gasteiger partial charge >= 0.3 is 0 Å². The second-order valence-electron chi connectivity index (χ2n) is 5.18. The van der Waals surface area contributed by atoms with E-state index in [4.69, 9.17) is 4.74 Å². The molecular formula is C18H17N3O. The maximum atomic E-state index is 9.49. The van der Waals surface area contributed by atoms with Crippen molar-refractivity contribution in [3.05, 3.63) is 53.9 Å². The second-order valence-corrected chi connectivity index (χ2v) is 5.18. The Morgan fingerprint density at radius 2 is 2.00 bits per heavy atom. The van der Waals surface area contributed by atoms with Crippen molar-refractivity contribution in [2.45, 2.75) is 20.3 Å². The van der Waals surface area contributed by atoms with Crippen molar-refractivity contribution in [3.63, 3.8) is 0 Å². The number of nitriles is 1. The molecule has 0 saturated heterocycles. The van der Waals surface area contributed by atoms with Crippen molar-refractivity contribution >= 4 is 5.65 Å². The van der Waals surface area contributed by atoms with Crippen LogP contribution in [0.2, 0.25) is 0 Å². The van der Waals surface area contributed by atoms with Crippen LogP contribution in [0.15, 0.2) is 42.6 Å². The molecule has 0 radical (unpaired) electrons. The molecule has 3 aromatic rings. The number of aromatic nitrogens is 2. The minimum atomic E-state index is 0.556. The van der Waals surface area contributed by atoms with Crippen LogP contribution in [0, 0.1) is 18.3 Å². The third kappa shape index (κ3) is 2.42. The van der Waals surface area contributed by atoms with Gasteiger partial charge in [0.05, 0.1) is 6.61 Å². The van der Waals surface area contributed by atoms with Crippen LogP contribution in [0.4, 0.5) is 0 Å². The standard InChI is InChI=1S/C18H17N3O/c1-3-11-22-15-8-6-14(7-9-15)17-16(12-19)21-10-4-5-13(2)18(21)20-17/h4-10H,3,11H2,1-2H3. The molecule has 2 heterocycles. The van der Waals surface area contributed by atoms with Gasteiger partial charge in [-0.15, -0.1) is 0 Å². The molecule has 22 heavy (non-hydrogen) atoms. The van der Waals surface area contributed by atoms with Crippen molar-refractivity contribution < 1.29 is 4.74 Å². The van der Waals surface area contributed by atoms with Gasteiger partial charge in [-0.25, -0.2) is 4.98 Å². The Kier molecular flexibility index (Phi) is 3.80. The van der Waals surface area contributed by atoms with Gasteiger partial charge in [0.1, 0.15) is 23.2 Å². The molecule has 0 fully saturated rings. The zero-order valence-electron chi connectivity index (χ0n) is 12.7. The number of pyridine rings is 1. The number of nitrogens with zero attached hydrogens (tertiary/aromatic N) is 3. The lowest BCUT2D eigenvalue weighted by Gasteiger charge is -2.05. The molecule has 0 amide bonds. The van der Waals surface area contributed by atoms with E-state index >= 15 is 0 Å². The molecule has 0 bridgehead atoms. The third-order valence-corrected chi connectivity index (χ3v) is 3.55. The highest BCUT2D eigenvalue weighted by Crippen LogP contribution is 2.27. The van der Waals surface area contributed by atoms with Crippen LogP contribution in [0.5, 0.6) is 5.75 Å². The summed E-state index contributed by atoms with van der Waals surface area (Å²) in [4.78, 5) is 4.64. The number of fused-ring (bicyclic) bond motifs is 1. The largest absolute Gasteiger partial charge is 0.494 e. The Hall–Kier alpha value is -2.80. The van der Waals surface area contributed by atoms with Crippen LogP contribution < -0.4 is 4.74 Å². The molecule has 2 aromatic heterocycles. The lowest BCUT2D eigenvalue weighted by Crippen LogP contribution is -1.94. The van der Waals surface area contributed by atoms with Gasteiger partial charge in [0.2, 0.25) is 0 Å². The number of aryl methyl sites for hydroxylation is 1. The van der Waals surface area contributed by atoms with Crippen molar-refractivity contribution in [1.82, 2.24) is 9.38 Å². The summed E-state index contributed by atoms with van der Waals surface area (Å²) in [6, 6.07) is 13.9. The minimum absolute atomic E-state index is 0.556. The lowest BCUT2D eigenvalue weighted by atomic mass is 10.1. The number of rotatable bonds is 4. The molecule has 4 heteroatoms. The quantitative estimate of drug-likeness (QED) is 0.730. The molecule has 0 saturated carbocycles. The molecule has 0 unspecified atom stereocenters. The first kappa shape index (κ1) is 14.2. The van der Waals surface area contributed by atoms with Gasteiger partial charge < -0.3 is 4.74 Å². The molecule has 0 aliphatic rings. The number of benzene rings is 1. The first-order chi connectivity index (χ1) is 10.7. The Labute approximate surface area is 129 Å². The Morgan fingerprint density at radius 1 is 1.23 bits per heavy atom. The van der Waals surface area contributed by atoms with Crippen molar-refractivity contribution in [2.24, 2.45) is 0 Å². The van der Waals surface area contributed by atoms with Crippen LogP contribution >= 0.6 is 0 Å². The highest BCUT2D eigenvalue weighted by molar-refractivity contribution is 5.71. The van der Waals surface area contributed by atoms with Crippen LogP contribution in [0.3, 0.4) is 0 Å². The summed E-state index contributed by atoms with van der Waals surface area (Å²) >= 11 is 0. The molecule has 0 aliphatic heterocycles. The topological polar surface area (TPSA) is 50.3 Å². The Morgan fingerprint density at radius 3 is 2.68 bits per heavy atom. The summed E-state index contributed by atoms with van der Waals surface area (Å²) in [5.41, 5.74) is 4.05. The summed E-state index contributed by atoms with van der Waals surface area (Å²) < 4.78 is 7.43. The SMILES string of the molecule is CCCOc1ccc(-c2nc3c(C)cccn3c2C#N)cc1. The first-order valence-corrected chi connectivity index (χ1v) is 7.35. The van der Waals surface area contributed by atoms with E-state index in [0.717, 1.165) is 28.9 Å². The van der Waals surface area contributed by atoms with Gasteiger partial charge in [0, 0.05) is 11.8 Å². The summed E-state index contributed by atoms with van der Waals surface area (Å²) in [5.74, 6) is 0.837. The summed E-state index contributed by atoms with van der Waals surface area (Å²) in [7, 11) is 0. The normalized spacial score (nSPS) is 10.6. The fraction of sp³-hybridized carbons (Fsp3) is 0.222. The molecule has 0 aliphatic carbocycles. The highest BCUT2D eigenvalue weighted by atomic mass is 16.5. The molecule has 1 aromatic carbocycles. The van der Waals surface area contributed by atoms with E-state index in [1.165, 1.54) is 0 Å². The van der Waals surface area contributed by atoms with Gasteiger partial charge in [0.15, 0.2) is 5.69 Å². The maximum Gasteiger partial charge on any atom is 0.152 e. The minimum Gasteiger partial charge on any atom is -0.494 e. The molecule has 0 N–H and O–H groups in total. The van der Waals surface area contributed by atoms with E-state index in [0.29, 0.717) is 18.0 Å². The number of hydrogen-bond acceptors (Lipinski definition) is 3. The van der Waals surface area contributed by atoms with Gasteiger partial charge in [-0.3, -0.25) is 4.40 Å². The third-order valence-electron chi connectivity index (χ3n) is 3.55. The van der Waals surface area contributed by atoms with Crippen LogP contribution in [-0.2, 0) is 0 Å². The first-order valence-electron chi connectivity index (χ1n) is 7.35. The second kappa shape index (κ2) is 5.90. The summed E-state index contributed by atoms with van der Waals surface area (Å²) in [6.45, 7) is 4.78. The Balaban J connectivity index is 2.06. The zero-order valence-corrected chi connectivity index (χ0v) is 12.7. The molecular weight excluding hydrogens is 274 g/mol. The molecule has 4 nitrogen and oxygen atoms in total. The van der Waals surface area contributed by atoms with Gasteiger partial charge in [-0.1, -0.05) is 13.0 Å². The highest BCUT2D eigenvalue weighted by Gasteiger charge is 2.14. The average molecular weight is 291 g/mol. The maximum absolute atomic E-state index is 9.49. The number of hydrogen-bond donors (Lipinski definition) is 0. The fourth-order valence-electron chi connectivity index (χ4n) is 2.44. The smallest absolute Gasteiger partial charge is 0.152 e. The van der Waals surface area contributed by atoms with Gasteiger partial charge in [-0.2, -0.15) is 5.26 Å². The van der Waals surface area contributed by atoms with Crippen molar-refractivity contribution in [2.75, 3.05) is 6.61 Å². The average Bonchev–Trinajstić information content (AvgIpc) is 2.93. The summed E-state index contributed by atoms with van der Waals surface area (Å²) in [6.07, 6.45) is 2.85. The molecule has 0 atom stereocenters. The van der Waals surface area contributed by atoms with E-state index in [9.17, 15) is 5.26 Å². The van der Waals surface area contributed by atoms with Gasteiger partial charge in [-0.05, 0) is 49.2 Å². The van der Waals surface area contributed by atoms with E-state index in [-0.39, 0.29) is 0 Å². The molecule has 110 valence electrons. The van der Waals surface area contributed by atoms with E-state index in [2.05, 4.69) is 18.0 Å². The number of ether oxygens (including phenoxy) is 1. The van der Waals surface area contributed by atoms with E-state index < -0.39 is 0 Å². The molecule has 0 spiro atoms.